The minimum absolute atomic E-state index is 0.0325. The van der Waals surface area contributed by atoms with E-state index in [2.05, 4.69) is 9.72 Å². The zero-order valence-corrected chi connectivity index (χ0v) is 9.37. The summed E-state index contributed by atoms with van der Waals surface area (Å²) in [7, 11) is 2.44. The second-order valence-electron chi connectivity index (χ2n) is 3.17. The first-order valence-corrected chi connectivity index (χ1v) is 4.67. The Balaban J connectivity index is 3.21. The van der Waals surface area contributed by atoms with Crippen LogP contribution in [0.4, 0.5) is 14.5 Å². The van der Waals surface area contributed by atoms with Gasteiger partial charge in [0.1, 0.15) is 5.69 Å². The van der Waals surface area contributed by atoms with Crippen LogP contribution in [0.15, 0.2) is 6.20 Å². The Hall–Kier alpha value is -1.92. The van der Waals surface area contributed by atoms with Crippen LogP contribution in [-0.4, -0.2) is 25.2 Å². The Labute approximate surface area is 96.5 Å². The summed E-state index contributed by atoms with van der Waals surface area (Å²) in [4.78, 5) is 14.8. The highest BCUT2D eigenvalue weighted by Gasteiger charge is 2.22. The first-order valence-electron chi connectivity index (χ1n) is 4.67. The van der Waals surface area contributed by atoms with E-state index < -0.39 is 18.0 Å². The fourth-order valence-corrected chi connectivity index (χ4v) is 1.35. The number of hydrogen-bond acceptors (Lipinski definition) is 5. The molecule has 0 aliphatic carbocycles. The predicted octanol–water partition coefficient (Wildman–Crippen LogP) is 1.33. The van der Waals surface area contributed by atoms with Gasteiger partial charge in [0.15, 0.2) is 0 Å². The van der Waals surface area contributed by atoms with Gasteiger partial charge in [0.2, 0.25) is 5.88 Å². The molecule has 5 nitrogen and oxygen atoms in total. The average molecular weight is 246 g/mol. The van der Waals surface area contributed by atoms with Gasteiger partial charge in [0, 0.05) is 6.20 Å². The maximum absolute atomic E-state index is 12.8. The maximum Gasteiger partial charge on any atom is 0.310 e. The van der Waals surface area contributed by atoms with Crippen molar-refractivity contribution in [2.75, 3.05) is 20.0 Å². The third-order valence-corrected chi connectivity index (χ3v) is 2.18. The molecule has 0 saturated heterocycles. The van der Waals surface area contributed by atoms with E-state index in [9.17, 15) is 13.6 Å². The third kappa shape index (κ3) is 2.80. The summed E-state index contributed by atoms with van der Waals surface area (Å²) in [5.74, 6) is -0.729. The molecule has 0 radical (unpaired) electrons. The number of nitrogens with zero attached hydrogens (tertiary/aromatic N) is 1. The van der Waals surface area contributed by atoms with Crippen molar-refractivity contribution >= 4 is 11.7 Å². The van der Waals surface area contributed by atoms with Crippen LogP contribution in [0.3, 0.4) is 0 Å². The molecule has 94 valence electrons. The lowest BCUT2D eigenvalue weighted by atomic mass is 10.1. The van der Waals surface area contributed by atoms with Crippen molar-refractivity contribution in [2.24, 2.45) is 0 Å². The first kappa shape index (κ1) is 13.1. The van der Waals surface area contributed by atoms with Crippen molar-refractivity contribution in [1.82, 2.24) is 4.98 Å². The van der Waals surface area contributed by atoms with E-state index in [4.69, 9.17) is 10.5 Å². The Morgan fingerprint density at radius 3 is 2.65 bits per heavy atom. The van der Waals surface area contributed by atoms with Crippen molar-refractivity contribution in [3.05, 3.63) is 17.3 Å². The Morgan fingerprint density at radius 1 is 1.53 bits per heavy atom. The van der Waals surface area contributed by atoms with E-state index in [0.29, 0.717) is 0 Å². The van der Waals surface area contributed by atoms with E-state index in [0.717, 1.165) is 6.20 Å². The van der Waals surface area contributed by atoms with Gasteiger partial charge < -0.3 is 15.2 Å². The monoisotopic (exact) mass is 246 g/mol. The van der Waals surface area contributed by atoms with Crippen LogP contribution in [0.25, 0.3) is 0 Å². The summed E-state index contributed by atoms with van der Waals surface area (Å²) >= 11 is 0. The standard InChI is InChI=1S/C10H12F2N2O3/c1-16-6(15)3-5-4-14-10(17-2)8(13)7(5)9(11)12/h4,9H,3,13H2,1-2H3. The minimum atomic E-state index is -2.81. The molecule has 7 heteroatoms. The highest BCUT2D eigenvalue weighted by atomic mass is 19.3. The number of hydrogen-bond donors (Lipinski definition) is 1. The molecular weight excluding hydrogens is 234 g/mol. The Kier molecular flexibility index (Phi) is 4.19. The van der Waals surface area contributed by atoms with E-state index >= 15 is 0 Å². The molecule has 1 rings (SSSR count). The van der Waals surface area contributed by atoms with Gasteiger partial charge in [-0.15, -0.1) is 0 Å². The molecule has 17 heavy (non-hydrogen) atoms. The van der Waals surface area contributed by atoms with Crippen LogP contribution >= 0.6 is 0 Å². The molecule has 0 aliphatic heterocycles. The summed E-state index contributed by atoms with van der Waals surface area (Å²) in [6, 6.07) is 0. The van der Waals surface area contributed by atoms with Crippen molar-refractivity contribution in [2.45, 2.75) is 12.8 Å². The molecule has 0 spiro atoms. The molecule has 2 N–H and O–H groups in total. The lowest BCUT2D eigenvalue weighted by Crippen LogP contribution is -2.11. The van der Waals surface area contributed by atoms with Gasteiger partial charge in [-0.3, -0.25) is 4.79 Å². The van der Waals surface area contributed by atoms with Crippen LogP contribution in [0.2, 0.25) is 0 Å². The van der Waals surface area contributed by atoms with Crippen molar-refractivity contribution in [3.8, 4) is 5.88 Å². The average Bonchev–Trinajstić information content (AvgIpc) is 2.28. The van der Waals surface area contributed by atoms with Crippen LogP contribution < -0.4 is 10.5 Å². The number of nitrogen functional groups attached to an aromatic ring is 1. The number of ether oxygens (including phenoxy) is 2. The van der Waals surface area contributed by atoms with E-state index in [1.165, 1.54) is 14.2 Å². The van der Waals surface area contributed by atoms with Crippen molar-refractivity contribution in [3.63, 3.8) is 0 Å². The van der Waals surface area contributed by atoms with Gasteiger partial charge in [-0.1, -0.05) is 0 Å². The molecule has 0 fully saturated rings. The molecule has 0 saturated carbocycles. The predicted molar refractivity (Wildman–Crippen MR) is 55.9 cm³/mol. The zero-order valence-electron chi connectivity index (χ0n) is 9.37. The molecule has 0 bridgehead atoms. The number of aromatic nitrogens is 1. The number of nitrogens with two attached hydrogens (primary N) is 1. The topological polar surface area (TPSA) is 74.4 Å². The quantitative estimate of drug-likeness (QED) is 0.811. The lowest BCUT2D eigenvalue weighted by Gasteiger charge is -2.12. The van der Waals surface area contributed by atoms with Gasteiger partial charge in [-0.05, 0) is 5.56 Å². The lowest BCUT2D eigenvalue weighted by molar-refractivity contribution is -0.139. The number of carbonyl (C=O) groups is 1. The summed E-state index contributed by atoms with van der Waals surface area (Å²) < 4.78 is 34.8. The van der Waals surface area contributed by atoms with Gasteiger partial charge in [-0.2, -0.15) is 0 Å². The van der Waals surface area contributed by atoms with Crippen molar-refractivity contribution in [1.29, 1.82) is 0 Å². The van der Waals surface area contributed by atoms with Gasteiger partial charge in [-0.25, -0.2) is 13.8 Å². The van der Waals surface area contributed by atoms with E-state index in [-0.39, 0.29) is 23.6 Å². The summed E-state index contributed by atoms with van der Waals surface area (Å²) in [6.45, 7) is 0. The normalized spacial score (nSPS) is 10.4. The molecule has 1 aromatic heterocycles. The highest BCUT2D eigenvalue weighted by molar-refractivity contribution is 5.74. The highest BCUT2D eigenvalue weighted by Crippen LogP contribution is 2.33. The molecule has 0 aromatic carbocycles. The fourth-order valence-electron chi connectivity index (χ4n) is 1.35. The van der Waals surface area contributed by atoms with Gasteiger partial charge in [0.05, 0.1) is 26.2 Å². The van der Waals surface area contributed by atoms with Gasteiger partial charge >= 0.3 is 5.97 Å². The van der Waals surface area contributed by atoms with Crippen LogP contribution in [-0.2, 0) is 16.0 Å². The molecule has 1 aromatic rings. The minimum Gasteiger partial charge on any atom is -0.480 e. The molecule has 0 aliphatic rings. The molecular formula is C10H12F2N2O3. The Morgan fingerprint density at radius 2 is 2.18 bits per heavy atom. The number of anilines is 1. The number of rotatable bonds is 4. The van der Waals surface area contributed by atoms with Crippen molar-refractivity contribution < 1.29 is 23.0 Å². The number of carbonyl (C=O) groups excluding carboxylic acids is 1. The van der Waals surface area contributed by atoms with E-state index in [1.54, 1.807) is 0 Å². The smallest absolute Gasteiger partial charge is 0.310 e. The molecule has 0 amide bonds. The molecule has 0 unspecified atom stereocenters. The first-order chi connectivity index (χ1) is 8.01. The summed E-state index contributed by atoms with van der Waals surface area (Å²) in [6.07, 6.45) is -1.99. The fraction of sp³-hybridized carbons (Fsp3) is 0.400. The molecule has 0 atom stereocenters. The number of alkyl halides is 2. The zero-order chi connectivity index (χ0) is 13.0. The second-order valence-corrected chi connectivity index (χ2v) is 3.17. The number of methoxy groups -OCH3 is 2. The number of pyridine rings is 1. The summed E-state index contributed by atoms with van der Waals surface area (Å²) in [5, 5.41) is 0. The Bertz CT molecular complexity index is 424. The third-order valence-electron chi connectivity index (χ3n) is 2.18. The summed E-state index contributed by atoms with van der Waals surface area (Å²) in [5.41, 5.74) is 4.82. The van der Waals surface area contributed by atoms with E-state index in [1.807, 2.05) is 0 Å². The maximum atomic E-state index is 12.8. The second kappa shape index (κ2) is 5.42. The SMILES string of the molecule is COC(=O)Cc1cnc(OC)c(N)c1C(F)F. The molecule has 1 heterocycles. The largest absolute Gasteiger partial charge is 0.480 e. The number of halogens is 2. The van der Waals surface area contributed by atoms with Crippen LogP contribution in [0.1, 0.15) is 17.6 Å². The van der Waals surface area contributed by atoms with Crippen LogP contribution in [0.5, 0.6) is 5.88 Å². The number of esters is 1. The van der Waals surface area contributed by atoms with Gasteiger partial charge in [0.25, 0.3) is 6.43 Å². The van der Waals surface area contributed by atoms with Crippen LogP contribution in [0, 0.1) is 0 Å².